The molecule has 4 heteroatoms. The molecule has 1 saturated carbocycles. The van der Waals surface area contributed by atoms with E-state index in [2.05, 4.69) is 0 Å². The summed E-state index contributed by atoms with van der Waals surface area (Å²) in [6.07, 6.45) is 3.11. The third-order valence-corrected chi connectivity index (χ3v) is 4.70. The zero-order valence-electron chi connectivity index (χ0n) is 8.70. The predicted octanol–water partition coefficient (Wildman–Crippen LogP) is 3.47. The maximum Gasteiger partial charge on any atom is 0.193 e. The summed E-state index contributed by atoms with van der Waals surface area (Å²) < 4.78 is 5.27. The highest BCUT2D eigenvalue weighted by Gasteiger charge is 2.36. The van der Waals surface area contributed by atoms with Gasteiger partial charge in [0.2, 0.25) is 0 Å². The van der Waals surface area contributed by atoms with E-state index < -0.39 is 5.60 Å². The van der Waals surface area contributed by atoms with Gasteiger partial charge in [0.05, 0.1) is 11.4 Å². The van der Waals surface area contributed by atoms with Crippen molar-refractivity contribution in [2.45, 2.75) is 42.8 Å². The molecule has 2 rings (SSSR count). The van der Waals surface area contributed by atoms with E-state index >= 15 is 0 Å². The van der Waals surface area contributed by atoms with Crippen molar-refractivity contribution in [2.75, 3.05) is 0 Å². The van der Waals surface area contributed by atoms with Crippen molar-refractivity contribution in [2.24, 2.45) is 0 Å². The number of halogens is 1. The number of furan rings is 1. The number of hydrogen-bond acceptors (Lipinski definition) is 3. The van der Waals surface area contributed by atoms with Crippen LogP contribution in [0.4, 0.5) is 0 Å². The Morgan fingerprint density at radius 3 is 3.00 bits per heavy atom. The fraction of sp³-hybridized carbons (Fsp3) is 0.636. The Labute approximate surface area is 99.0 Å². The lowest BCUT2D eigenvalue weighted by Gasteiger charge is -2.24. The summed E-state index contributed by atoms with van der Waals surface area (Å²) in [5.41, 5.74) is -0.513. The van der Waals surface area contributed by atoms with Crippen molar-refractivity contribution in [3.63, 3.8) is 0 Å². The van der Waals surface area contributed by atoms with Crippen LogP contribution in [0.1, 0.15) is 31.9 Å². The number of thioether (sulfide) groups is 1. The van der Waals surface area contributed by atoms with Gasteiger partial charge in [0, 0.05) is 5.25 Å². The average Bonchev–Trinajstić information content (AvgIpc) is 2.69. The molecule has 1 aliphatic rings. The molecule has 1 aliphatic carbocycles. The van der Waals surface area contributed by atoms with Gasteiger partial charge in [-0.1, -0.05) is 0 Å². The van der Waals surface area contributed by atoms with Gasteiger partial charge >= 0.3 is 0 Å². The second-order valence-electron chi connectivity index (χ2n) is 4.25. The number of aliphatic hydroxyl groups is 1. The third kappa shape index (κ3) is 2.71. The largest absolute Gasteiger partial charge is 0.449 e. The first-order valence-corrected chi connectivity index (χ1v) is 6.59. The lowest BCUT2D eigenvalue weighted by molar-refractivity contribution is 0.0734. The van der Waals surface area contributed by atoms with Crippen LogP contribution in [0.15, 0.2) is 16.5 Å². The summed E-state index contributed by atoms with van der Waals surface area (Å²) in [4.78, 5) is 0. The van der Waals surface area contributed by atoms with Crippen LogP contribution in [-0.4, -0.2) is 16.0 Å². The number of rotatable bonds is 3. The summed E-state index contributed by atoms with van der Waals surface area (Å²) in [7, 11) is 0. The summed E-state index contributed by atoms with van der Waals surface area (Å²) in [5.74, 6) is 1.67. The molecule has 1 fully saturated rings. The summed E-state index contributed by atoms with van der Waals surface area (Å²) in [6, 6.07) is 3.64. The van der Waals surface area contributed by atoms with E-state index in [-0.39, 0.29) is 0 Å². The van der Waals surface area contributed by atoms with Crippen molar-refractivity contribution in [3.8, 4) is 0 Å². The van der Waals surface area contributed by atoms with Crippen molar-refractivity contribution >= 4 is 23.4 Å². The molecule has 1 heterocycles. The highest BCUT2D eigenvalue weighted by molar-refractivity contribution is 7.99. The molecular formula is C11H15ClO2S. The summed E-state index contributed by atoms with van der Waals surface area (Å²) in [5, 5.41) is 10.8. The average molecular weight is 247 g/mol. The molecule has 2 unspecified atom stereocenters. The smallest absolute Gasteiger partial charge is 0.193 e. The van der Waals surface area contributed by atoms with Crippen LogP contribution in [0.5, 0.6) is 0 Å². The minimum Gasteiger partial charge on any atom is -0.449 e. The maximum atomic E-state index is 10.1. The lowest BCUT2D eigenvalue weighted by atomic mass is 10.1. The molecule has 0 amide bonds. The Balaban J connectivity index is 1.88. The second-order valence-corrected chi connectivity index (χ2v) is 5.82. The Bertz CT molecular complexity index is 335. The van der Waals surface area contributed by atoms with E-state index in [9.17, 15) is 5.11 Å². The molecule has 0 aliphatic heterocycles. The van der Waals surface area contributed by atoms with E-state index in [0.717, 1.165) is 30.8 Å². The molecule has 0 spiro atoms. The standard InChI is InChI=1S/C11H15ClO2S/c1-11(13)6-2-3-9(11)15-7-8-4-5-10(12)14-8/h4-5,9,13H,2-3,6-7H2,1H3. The van der Waals surface area contributed by atoms with Gasteiger partial charge in [-0.15, -0.1) is 11.8 Å². The van der Waals surface area contributed by atoms with Crippen LogP contribution in [0.25, 0.3) is 0 Å². The normalized spacial score (nSPS) is 31.0. The summed E-state index contributed by atoms with van der Waals surface area (Å²) in [6.45, 7) is 1.92. The van der Waals surface area contributed by atoms with Gasteiger partial charge in [-0.2, -0.15) is 0 Å². The van der Waals surface area contributed by atoms with Crippen molar-refractivity contribution in [3.05, 3.63) is 23.1 Å². The van der Waals surface area contributed by atoms with E-state index in [1.165, 1.54) is 0 Å². The molecule has 15 heavy (non-hydrogen) atoms. The van der Waals surface area contributed by atoms with E-state index in [4.69, 9.17) is 16.0 Å². The van der Waals surface area contributed by atoms with Crippen molar-refractivity contribution in [1.82, 2.24) is 0 Å². The molecule has 0 aromatic carbocycles. The first-order chi connectivity index (χ1) is 7.08. The second kappa shape index (κ2) is 4.40. The topological polar surface area (TPSA) is 33.4 Å². The highest BCUT2D eigenvalue weighted by atomic mass is 35.5. The SMILES string of the molecule is CC1(O)CCCC1SCc1ccc(Cl)o1. The quantitative estimate of drug-likeness (QED) is 0.887. The Morgan fingerprint density at radius 1 is 1.67 bits per heavy atom. The zero-order valence-corrected chi connectivity index (χ0v) is 10.3. The Hall–Kier alpha value is -0.120. The van der Waals surface area contributed by atoms with Gasteiger partial charge in [0.1, 0.15) is 5.76 Å². The first kappa shape index (κ1) is 11.4. The summed E-state index contributed by atoms with van der Waals surface area (Å²) >= 11 is 7.44. The Morgan fingerprint density at radius 2 is 2.47 bits per heavy atom. The van der Waals surface area contributed by atoms with Crippen LogP contribution in [0, 0.1) is 0 Å². The van der Waals surface area contributed by atoms with Gasteiger partial charge in [-0.3, -0.25) is 0 Å². The third-order valence-electron chi connectivity index (χ3n) is 2.90. The van der Waals surface area contributed by atoms with Crippen LogP contribution in [0.2, 0.25) is 5.22 Å². The fourth-order valence-electron chi connectivity index (χ4n) is 1.99. The molecule has 1 N–H and O–H groups in total. The molecule has 1 aromatic rings. The predicted molar refractivity (Wildman–Crippen MR) is 63.3 cm³/mol. The minimum absolute atomic E-state index is 0.321. The van der Waals surface area contributed by atoms with Crippen molar-refractivity contribution in [1.29, 1.82) is 0 Å². The monoisotopic (exact) mass is 246 g/mol. The van der Waals surface area contributed by atoms with Gasteiger partial charge in [0.15, 0.2) is 5.22 Å². The van der Waals surface area contributed by atoms with E-state index in [0.29, 0.717) is 10.5 Å². The van der Waals surface area contributed by atoms with Crippen LogP contribution in [-0.2, 0) is 5.75 Å². The lowest BCUT2D eigenvalue weighted by Crippen LogP contribution is -2.31. The zero-order chi connectivity index (χ0) is 10.9. The van der Waals surface area contributed by atoms with Crippen LogP contribution >= 0.6 is 23.4 Å². The van der Waals surface area contributed by atoms with Crippen LogP contribution in [0.3, 0.4) is 0 Å². The number of hydrogen-bond donors (Lipinski definition) is 1. The van der Waals surface area contributed by atoms with E-state index in [1.807, 2.05) is 13.0 Å². The van der Waals surface area contributed by atoms with Gasteiger partial charge < -0.3 is 9.52 Å². The fourth-order valence-corrected chi connectivity index (χ4v) is 3.49. The van der Waals surface area contributed by atoms with Crippen molar-refractivity contribution < 1.29 is 9.52 Å². The molecule has 84 valence electrons. The van der Waals surface area contributed by atoms with E-state index in [1.54, 1.807) is 17.8 Å². The molecule has 2 atom stereocenters. The van der Waals surface area contributed by atoms with Gasteiger partial charge in [-0.25, -0.2) is 0 Å². The highest BCUT2D eigenvalue weighted by Crippen LogP contribution is 2.39. The molecule has 0 bridgehead atoms. The Kier molecular flexibility index (Phi) is 3.33. The molecule has 2 nitrogen and oxygen atoms in total. The first-order valence-electron chi connectivity index (χ1n) is 5.16. The van der Waals surface area contributed by atoms with Gasteiger partial charge in [-0.05, 0) is 49.9 Å². The molecule has 0 radical (unpaired) electrons. The molecule has 0 saturated heterocycles. The van der Waals surface area contributed by atoms with Crippen LogP contribution < -0.4 is 0 Å². The van der Waals surface area contributed by atoms with Gasteiger partial charge in [0.25, 0.3) is 0 Å². The maximum absolute atomic E-state index is 10.1. The molecule has 1 aromatic heterocycles. The minimum atomic E-state index is -0.513. The molecular weight excluding hydrogens is 232 g/mol.